The normalized spacial score (nSPS) is 9.80. The van der Waals surface area contributed by atoms with Crippen molar-refractivity contribution < 1.29 is 28.7 Å². The van der Waals surface area contributed by atoms with Gasteiger partial charge < -0.3 is 14.8 Å². The number of amides is 3. The zero-order valence-corrected chi connectivity index (χ0v) is 11.7. The molecule has 9 nitrogen and oxygen atoms in total. The van der Waals surface area contributed by atoms with Gasteiger partial charge in [0.05, 0.1) is 27.3 Å². The van der Waals surface area contributed by atoms with Crippen LogP contribution in [0.15, 0.2) is 0 Å². The molecule has 0 saturated carbocycles. The first-order valence-corrected chi connectivity index (χ1v) is 5.80. The predicted molar refractivity (Wildman–Crippen MR) is 67.7 cm³/mol. The highest BCUT2D eigenvalue weighted by atomic mass is 16.5. The maximum absolute atomic E-state index is 11.4. The van der Waals surface area contributed by atoms with Crippen molar-refractivity contribution in [2.75, 3.05) is 40.9 Å². The second kappa shape index (κ2) is 9.73. The molecule has 0 saturated heterocycles. The quantitative estimate of drug-likeness (QED) is 0.547. The van der Waals surface area contributed by atoms with Gasteiger partial charge >= 0.3 is 18.0 Å². The van der Waals surface area contributed by atoms with E-state index in [-0.39, 0.29) is 26.1 Å². The molecular formula is C11H19N3O6. The molecule has 0 spiro atoms. The molecule has 0 rings (SSSR count). The largest absolute Gasteiger partial charge is 0.468 e. The van der Waals surface area contributed by atoms with Gasteiger partial charge in [-0.2, -0.15) is 0 Å². The number of carbonyl (C=O) groups is 4. The minimum atomic E-state index is -0.623. The molecule has 0 bridgehead atoms. The standard InChI is InChI=1S/C11H19N3O6/c1-12-11(18)13-8(15)4-5-14(6-9(16)19-2)7-10(17)20-3/h4-7H2,1-3H3,(H2,12,13,15,18). The van der Waals surface area contributed by atoms with Crippen LogP contribution in [0.25, 0.3) is 0 Å². The lowest BCUT2D eigenvalue weighted by atomic mass is 10.3. The third kappa shape index (κ3) is 8.03. The van der Waals surface area contributed by atoms with Crippen LogP contribution in [0.5, 0.6) is 0 Å². The van der Waals surface area contributed by atoms with Gasteiger partial charge in [0.15, 0.2) is 0 Å². The average molecular weight is 289 g/mol. The number of hydrogen-bond donors (Lipinski definition) is 2. The van der Waals surface area contributed by atoms with Crippen LogP contribution in [-0.2, 0) is 23.9 Å². The Morgan fingerprint density at radius 3 is 1.90 bits per heavy atom. The Labute approximate surface area is 116 Å². The lowest BCUT2D eigenvalue weighted by Crippen LogP contribution is -2.41. The lowest BCUT2D eigenvalue weighted by Gasteiger charge is -2.19. The molecule has 0 atom stereocenters. The van der Waals surface area contributed by atoms with Crippen LogP contribution in [0.3, 0.4) is 0 Å². The van der Waals surface area contributed by atoms with Gasteiger partial charge in [-0.3, -0.25) is 24.6 Å². The minimum absolute atomic E-state index is 0.0542. The number of methoxy groups -OCH3 is 2. The number of carbonyl (C=O) groups excluding carboxylic acids is 4. The van der Waals surface area contributed by atoms with E-state index < -0.39 is 23.9 Å². The number of urea groups is 1. The third-order valence-corrected chi connectivity index (χ3v) is 2.30. The topological polar surface area (TPSA) is 114 Å². The van der Waals surface area contributed by atoms with Crippen LogP contribution in [0.4, 0.5) is 4.79 Å². The van der Waals surface area contributed by atoms with E-state index in [1.54, 1.807) is 0 Å². The van der Waals surface area contributed by atoms with E-state index >= 15 is 0 Å². The third-order valence-electron chi connectivity index (χ3n) is 2.30. The second-order valence-electron chi connectivity index (χ2n) is 3.74. The van der Waals surface area contributed by atoms with Crippen LogP contribution in [-0.4, -0.2) is 69.7 Å². The Morgan fingerprint density at radius 1 is 1.00 bits per heavy atom. The molecule has 0 fully saturated rings. The monoisotopic (exact) mass is 289 g/mol. The van der Waals surface area contributed by atoms with E-state index in [2.05, 4.69) is 20.1 Å². The number of nitrogens with one attached hydrogen (secondary N) is 2. The number of imide groups is 1. The molecular weight excluding hydrogens is 270 g/mol. The van der Waals surface area contributed by atoms with E-state index in [4.69, 9.17) is 0 Å². The summed E-state index contributed by atoms with van der Waals surface area (Å²) in [6.07, 6.45) is -0.0542. The first kappa shape index (κ1) is 17.8. The molecule has 0 aliphatic heterocycles. The van der Waals surface area contributed by atoms with E-state index in [0.29, 0.717) is 0 Å². The molecule has 20 heavy (non-hydrogen) atoms. The van der Waals surface area contributed by atoms with Crippen molar-refractivity contribution in [1.29, 1.82) is 0 Å². The molecule has 0 aromatic heterocycles. The van der Waals surface area contributed by atoms with Crippen LogP contribution in [0, 0.1) is 0 Å². The molecule has 0 heterocycles. The number of hydrogen-bond acceptors (Lipinski definition) is 7. The predicted octanol–water partition coefficient (Wildman–Crippen LogP) is -1.52. The van der Waals surface area contributed by atoms with Crippen molar-refractivity contribution in [1.82, 2.24) is 15.5 Å². The number of rotatable bonds is 7. The van der Waals surface area contributed by atoms with Crippen molar-refractivity contribution in [3.05, 3.63) is 0 Å². The highest BCUT2D eigenvalue weighted by molar-refractivity contribution is 5.94. The van der Waals surface area contributed by atoms with E-state index in [9.17, 15) is 19.2 Å². The summed E-state index contributed by atoms with van der Waals surface area (Å²) in [5, 5.41) is 4.31. The van der Waals surface area contributed by atoms with Crippen LogP contribution in [0.1, 0.15) is 6.42 Å². The van der Waals surface area contributed by atoms with Crippen molar-refractivity contribution in [2.24, 2.45) is 0 Å². The molecule has 9 heteroatoms. The molecule has 0 aromatic carbocycles. The van der Waals surface area contributed by atoms with Gasteiger partial charge in [0.1, 0.15) is 0 Å². The summed E-state index contributed by atoms with van der Waals surface area (Å²) in [4.78, 5) is 46.1. The molecule has 3 amide bonds. The fraction of sp³-hybridized carbons (Fsp3) is 0.636. The maximum atomic E-state index is 11.4. The van der Waals surface area contributed by atoms with Crippen molar-refractivity contribution in [3.8, 4) is 0 Å². The highest BCUT2D eigenvalue weighted by Gasteiger charge is 2.17. The smallest absolute Gasteiger partial charge is 0.321 e. The first-order valence-electron chi connectivity index (χ1n) is 5.80. The number of esters is 2. The lowest BCUT2D eigenvalue weighted by molar-refractivity contribution is -0.146. The Morgan fingerprint density at radius 2 is 1.50 bits per heavy atom. The van der Waals surface area contributed by atoms with E-state index in [1.807, 2.05) is 0 Å². The molecule has 0 aliphatic rings. The van der Waals surface area contributed by atoms with Gasteiger partial charge in [0.25, 0.3) is 0 Å². The first-order chi connectivity index (χ1) is 9.42. The van der Waals surface area contributed by atoms with E-state index in [1.165, 1.54) is 26.2 Å². The van der Waals surface area contributed by atoms with Crippen LogP contribution >= 0.6 is 0 Å². The zero-order chi connectivity index (χ0) is 15.5. The number of ether oxygens (including phenoxy) is 2. The van der Waals surface area contributed by atoms with Crippen molar-refractivity contribution in [3.63, 3.8) is 0 Å². The Bertz CT molecular complexity index is 353. The summed E-state index contributed by atoms with van der Waals surface area (Å²) in [7, 11) is 3.82. The summed E-state index contributed by atoms with van der Waals surface area (Å²) >= 11 is 0. The number of nitrogens with zero attached hydrogens (tertiary/aromatic N) is 1. The second-order valence-corrected chi connectivity index (χ2v) is 3.74. The van der Waals surface area contributed by atoms with Gasteiger partial charge in [-0.15, -0.1) is 0 Å². The van der Waals surface area contributed by atoms with Gasteiger partial charge in [-0.1, -0.05) is 0 Å². The maximum Gasteiger partial charge on any atom is 0.321 e. The highest BCUT2D eigenvalue weighted by Crippen LogP contribution is 1.95. The molecule has 0 aliphatic carbocycles. The van der Waals surface area contributed by atoms with Gasteiger partial charge in [-0.05, 0) is 0 Å². The fourth-order valence-corrected chi connectivity index (χ4v) is 1.22. The molecule has 0 unspecified atom stereocenters. The zero-order valence-electron chi connectivity index (χ0n) is 11.7. The summed E-state index contributed by atoms with van der Waals surface area (Å²) < 4.78 is 8.97. The van der Waals surface area contributed by atoms with Gasteiger partial charge in [0.2, 0.25) is 5.91 Å². The van der Waals surface area contributed by atoms with Gasteiger partial charge in [-0.25, -0.2) is 4.79 Å². The Hall–Kier alpha value is -2.16. The molecule has 2 N–H and O–H groups in total. The SMILES string of the molecule is CNC(=O)NC(=O)CCN(CC(=O)OC)CC(=O)OC. The fourth-order valence-electron chi connectivity index (χ4n) is 1.22. The van der Waals surface area contributed by atoms with Crippen LogP contribution < -0.4 is 10.6 Å². The van der Waals surface area contributed by atoms with Crippen molar-refractivity contribution in [2.45, 2.75) is 6.42 Å². The molecule has 0 radical (unpaired) electrons. The minimum Gasteiger partial charge on any atom is -0.468 e. The summed E-state index contributed by atoms with van der Waals surface area (Å²) in [6, 6.07) is -0.623. The molecule has 0 aromatic rings. The van der Waals surface area contributed by atoms with Gasteiger partial charge in [0, 0.05) is 20.0 Å². The summed E-state index contributed by atoms with van der Waals surface area (Å²) in [6.45, 7) is -0.204. The average Bonchev–Trinajstić information content (AvgIpc) is 2.43. The van der Waals surface area contributed by atoms with E-state index in [0.717, 1.165) is 0 Å². The van der Waals surface area contributed by atoms with Crippen molar-refractivity contribution >= 4 is 23.9 Å². The van der Waals surface area contributed by atoms with Crippen LogP contribution in [0.2, 0.25) is 0 Å². The summed E-state index contributed by atoms with van der Waals surface area (Å²) in [5.41, 5.74) is 0. The summed E-state index contributed by atoms with van der Waals surface area (Å²) in [5.74, 6) is -1.61. The molecule has 114 valence electrons. The Kier molecular flexibility index (Phi) is 8.68. The Balaban J connectivity index is 4.33.